The van der Waals surface area contributed by atoms with E-state index in [1.165, 1.54) is 53.6 Å². The molecule has 2 nitrogen and oxygen atoms in total. The maximum Gasteiger partial charge on any atom is 0.0372 e. The Labute approximate surface area is 123 Å². The van der Waals surface area contributed by atoms with Crippen LogP contribution in [0, 0.1) is 10.5 Å². The molecule has 1 aromatic rings. The molecule has 1 aromatic carbocycles. The molecular weight excluding hydrogens is 335 g/mol. The molecule has 0 spiro atoms. The van der Waals surface area contributed by atoms with Crippen LogP contribution in [0.25, 0.3) is 0 Å². The van der Waals surface area contributed by atoms with Crippen LogP contribution in [0.4, 0.5) is 5.69 Å². The minimum Gasteiger partial charge on any atom is -0.382 e. The summed E-state index contributed by atoms with van der Waals surface area (Å²) in [5, 5.41) is 3.76. The number of fused-ring (bicyclic) bond motifs is 1. The summed E-state index contributed by atoms with van der Waals surface area (Å²) in [6, 6.07) is 8.20. The smallest absolute Gasteiger partial charge is 0.0372 e. The average Bonchev–Trinajstić information content (AvgIpc) is 2.80. The van der Waals surface area contributed by atoms with Crippen molar-refractivity contribution in [3.05, 3.63) is 27.3 Å². The molecule has 3 rings (SSSR count). The standard InChI is InChI=1S/C15H21IN2/c1-11-9-12(16)4-5-15(11)17-13-6-8-18-7-2-3-14(18)10-13/h4-5,9,13-14,17H,2-3,6-8,10H2,1H3. The van der Waals surface area contributed by atoms with Crippen LogP contribution >= 0.6 is 22.6 Å². The fraction of sp³-hybridized carbons (Fsp3) is 0.600. The maximum atomic E-state index is 3.76. The van der Waals surface area contributed by atoms with Gasteiger partial charge in [0.2, 0.25) is 0 Å². The number of halogens is 1. The first-order chi connectivity index (χ1) is 8.72. The number of hydrogen-bond donors (Lipinski definition) is 1. The first-order valence-corrected chi connectivity index (χ1v) is 8.07. The Hall–Kier alpha value is -0.290. The van der Waals surface area contributed by atoms with Crippen molar-refractivity contribution in [2.75, 3.05) is 18.4 Å². The van der Waals surface area contributed by atoms with Crippen LogP contribution < -0.4 is 5.32 Å². The van der Waals surface area contributed by atoms with Gasteiger partial charge in [0.15, 0.2) is 0 Å². The Morgan fingerprint density at radius 3 is 3.00 bits per heavy atom. The van der Waals surface area contributed by atoms with Crippen LogP contribution in [0.3, 0.4) is 0 Å². The van der Waals surface area contributed by atoms with E-state index in [0.29, 0.717) is 6.04 Å². The second kappa shape index (κ2) is 5.37. The van der Waals surface area contributed by atoms with Crippen molar-refractivity contribution in [3.63, 3.8) is 0 Å². The van der Waals surface area contributed by atoms with E-state index in [4.69, 9.17) is 0 Å². The van der Waals surface area contributed by atoms with Crippen LogP contribution in [0.15, 0.2) is 18.2 Å². The van der Waals surface area contributed by atoms with Gasteiger partial charge in [0.25, 0.3) is 0 Å². The van der Waals surface area contributed by atoms with Crippen molar-refractivity contribution in [2.24, 2.45) is 0 Å². The zero-order chi connectivity index (χ0) is 12.5. The van der Waals surface area contributed by atoms with Gasteiger partial charge in [-0.25, -0.2) is 0 Å². The molecule has 98 valence electrons. The molecule has 2 unspecified atom stereocenters. The summed E-state index contributed by atoms with van der Waals surface area (Å²) in [4.78, 5) is 2.68. The number of anilines is 1. The SMILES string of the molecule is Cc1cc(I)ccc1NC1CCN2CCCC2C1. The normalized spacial score (nSPS) is 28.1. The highest BCUT2D eigenvalue weighted by molar-refractivity contribution is 14.1. The predicted octanol–water partition coefficient (Wildman–Crippen LogP) is 3.64. The van der Waals surface area contributed by atoms with Crippen molar-refractivity contribution in [3.8, 4) is 0 Å². The molecule has 3 heteroatoms. The first kappa shape index (κ1) is 12.7. The molecule has 2 atom stereocenters. The van der Waals surface area contributed by atoms with Crippen molar-refractivity contribution >= 4 is 28.3 Å². The Balaban J connectivity index is 1.66. The van der Waals surface area contributed by atoms with Crippen molar-refractivity contribution in [2.45, 2.75) is 44.7 Å². The van der Waals surface area contributed by atoms with Gasteiger partial charge in [0.05, 0.1) is 0 Å². The van der Waals surface area contributed by atoms with E-state index in [1.54, 1.807) is 0 Å². The largest absolute Gasteiger partial charge is 0.382 e. The lowest BCUT2D eigenvalue weighted by molar-refractivity contribution is 0.188. The Kier molecular flexibility index (Phi) is 3.80. The molecule has 0 bridgehead atoms. The molecule has 0 aliphatic carbocycles. The minimum absolute atomic E-state index is 0.670. The predicted molar refractivity (Wildman–Crippen MR) is 85.1 cm³/mol. The summed E-state index contributed by atoms with van der Waals surface area (Å²) in [5.74, 6) is 0. The van der Waals surface area contributed by atoms with E-state index in [0.717, 1.165) is 6.04 Å². The van der Waals surface area contributed by atoms with Crippen LogP contribution in [0.1, 0.15) is 31.2 Å². The molecule has 2 fully saturated rings. The van der Waals surface area contributed by atoms with E-state index in [9.17, 15) is 0 Å². The van der Waals surface area contributed by atoms with Gasteiger partial charge >= 0.3 is 0 Å². The number of hydrogen-bond acceptors (Lipinski definition) is 2. The Bertz CT molecular complexity index is 433. The Morgan fingerprint density at radius 1 is 1.28 bits per heavy atom. The number of nitrogens with one attached hydrogen (secondary N) is 1. The molecule has 2 heterocycles. The third-order valence-corrected chi connectivity index (χ3v) is 5.04. The number of piperidine rings is 1. The van der Waals surface area contributed by atoms with Gasteiger partial charge in [-0.3, -0.25) is 0 Å². The third-order valence-electron chi connectivity index (χ3n) is 4.37. The van der Waals surface area contributed by atoms with Gasteiger partial charge in [-0.1, -0.05) is 0 Å². The van der Waals surface area contributed by atoms with Crippen molar-refractivity contribution in [1.82, 2.24) is 4.90 Å². The quantitative estimate of drug-likeness (QED) is 0.814. The summed E-state index contributed by atoms with van der Waals surface area (Å²) >= 11 is 2.38. The lowest BCUT2D eigenvalue weighted by Crippen LogP contribution is -2.42. The highest BCUT2D eigenvalue weighted by Gasteiger charge is 2.31. The molecule has 0 radical (unpaired) electrons. The second-order valence-electron chi connectivity index (χ2n) is 5.66. The number of rotatable bonds is 2. The summed E-state index contributed by atoms with van der Waals surface area (Å²) in [6.07, 6.45) is 5.43. The van der Waals surface area contributed by atoms with Gasteiger partial charge in [0.1, 0.15) is 0 Å². The summed E-state index contributed by atoms with van der Waals surface area (Å²) in [6.45, 7) is 4.82. The number of aryl methyl sites for hydroxylation is 1. The van der Waals surface area contributed by atoms with Gasteiger partial charge < -0.3 is 10.2 Å². The Morgan fingerprint density at radius 2 is 2.17 bits per heavy atom. The number of nitrogens with zero attached hydrogens (tertiary/aromatic N) is 1. The topological polar surface area (TPSA) is 15.3 Å². The lowest BCUT2D eigenvalue weighted by Gasteiger charge is -2.35. The van der Waals surface area contributed by atoms with E-state index in [1.807, 2.05) is 0 Å². The van der Waals surface area contributed by atoms with E-state index >= 15 is 0 Å². The highest BCUT2D eigenvalue weighted by Crippen LogP contribution is 2.29. The number of benzene rings is 1. The monoisotopic (exact) mass is 356 g/mol. The molecular formula is C15H21IN2. The zero-order valence-corrected chi connectivity index (χ0v) is 13.1. The van der Waals surface area contributed by atoms with Gasteiger partial charge in [0, 0.05) is 27.9 Å². The van der Waals surface area contributed by atoms with Crippen LogP contribution in [-0.2, 0) is 0 Å². The molecule has 2 aliphatic heterocycles. The fourth-order valence-corrected chi connectivity index (χ4v) is 4.01. The summed E-state index contributed by atoms with van der Waals surface area (Å²) in [5.41, 5.74) is 2.70. The molecule has 0 amide bonds. The summed E-state index contributed by atoms with van der Waals surface area (Å²) in [7, 11) is 0. The van der Waals surface area contributed by atoms with Gasteiger partial charge in [-0.05, 0) is 85.5 Å². The van der Waals surface area contributed by atoms with Gasteiger partial charge in [-0.15, -0.1) is 0 Å². The molecule has 1 N–H and O–H groups in total. The highest BCUT2D eigenvalue weighted by atomic mass is 127. The zero-order valence-electron chi connectivity index (χ0n) is 11.0. The van der Waals surface area contributed by atoms with Crippen LogP contribution in [0.2, 0.25) is 0 Å². The molecule has 2 aliphatic rings. The lowest BCUT2D eigenvalue weighted by atomic mass is 9.97. The maximum absolute atomic E-state index is 3.76. The molecule has 0 aromatic heterocycles. The average molecular weight is 356 g/mol. The fourth-order valence-electron chi connectivity index (χ4n) is 3.36. The molecule has 18 heavy (non-hydrogen) atoms. The molecule has 2 saturated heterocycles. The van der Waals surface area contributed by atoms with Crippen molar-refractivity contribution < 1.29 is 0 Å². The third kappa shape index (κ3) is 2.67. The van der Waals surface area contributed by atoms with E-state index in [2.05, 4.69) is 57.9 Å². The second-order valence-corrected chi connectivity index (χ2v) is 6.90. The van der Waals surface area contributed by atoms with Crippen molar-refractivity contribution in [1.29, 1.82) is 0 Å². The summed E-state index contributed by atoms with van der Waals surface area (Å²) < 4.78 is 1.32. The van der Waals surface area contributed by atoms with E-state index in [-0.39, 0.29) is 0 Å². The minimum atomic E-state index is 0.670. The molecule has 0 saturated carbocycles. The van der Waals surface area contributed by atoms with Gasteiger partial charge in [-0.2, -0.15) is 0 Å². The first-order valence-electron chi connectivity index (χ1n) is 6.99. The van der Waals surface area contributed by atoms with Crippen LogP contribution in [0.5, 0.6) is 0 Å². The van der Waals surface area contributed by atoms with Crippen LogP contribution in [-0.4, -0.2) is 30.1 Å². The van der Waals surface area contributed by atoms with E-state index < -0.39 is 0 Å².